The first-order valence-corrected chi connectivity index (χ1v) is 5.01. The van der Waals surface area contributed by atoms with E-state index in [4.69, 9.17) is 15.9 Å². The van der Waals surface area contributed by atoms with E-state index in [1.807, 2.05) is 0 Å². The van der Waals surface area contributed by atoms with Crippen molar-refractivity contribution in [2.45, 2.75) is 12.5 Å². The molecule has 1 unspecified atom stereocenters. The molecule has 96 valence electrons. The van der Waals surface area contributed by atoms with Crippen LogP contribution in [0.25, 0.3) is 0 Å². The smallest absolute Gasteiger partial charge is 0.326 e. The molecular weight excluding hydrogens is 240 g/mol. The standard InChI is InChI=1S/C11H12N2O5/c12-9(15)5-8(11(17)18)13-10(16)6-1-3-7(14)4-2-6/h1-4,8,14H,5H2,(H2,12,15)(H,13,16)(H,17,18). The summed E-state index contributed by atoms with van der Waals surface area (Å²) in [6.45, 7) is 0. The van der Waals surface area contributed by atoms with Crippen molar-refractivity contribution >= 4 is 17.8 Å². The number of carboxylic acids is 1. The molecule has 18 heavy (non-hydrogen) atoms. The molecular formula is C11H12N2O5. The molecule has 1 aromatic carbocycles. The molecule has 0 aliphatic heterocycles. The number of primary amides is 1. The highest BCUT2D eigenvalue weighted by Gasteiger charge is 2.22. The predicted octanol–water partition coefficient (Wildman–Crippen LogP) is -0.549. The number of phenolic OH excluding ortho intramolecular Hbond substituents is 1. The van der Waals surface area contributed by atoms with Gasteiger partial charge >= 0.3 is 5.97 Å². The Morgan fingerprint density at radius 1 is 1.22 bits per heavy atom. The summed E-state index contributed by atoms with van der Waals surface area (Å²) in [5.74, 6) is -2.85. The lowest BCUT2D eigenvalue weighted by molar-refractivity contribution is -0.140. The van der Waals surface area contributed by atoms with Crippen LogP contribution in [0.1, 0.15) is 16.8 Å². The number of aromatic hydroxyl groups is 1. The highest BCUT2D eigenvalue weighted by molar-refractivity contribution is 5.97. The molecule has 7 heteroatoms. The zero-order valence-electron chi connectivity index (χ0n) is 9.29. The van der Waals surface area contributed by atoms with Gasteiger partial charge in [0.15, 0.2) is 0 Å². The Morgan fingerprint density at radius 3 is 2.22 bits per heavy atom. The number of aliphatic carboxylic acids is 1. The number of rotatable bonds is 5. The Morgan fingerprint density at radius 2 is 1.78 bits per heavy atom. The van der Waals surface area contributed by atoms with E-state index in [0.717, 1.165) is 0 Å². The monoisotopic (exact) mass is 252 g/mol. The minimum atomic E-state index is -1.37. The number of carboxylic acid groups (broad SMARTS) is 1. The van der Waals surface area contributed by atoms with E-state index in [2.05, 4.69) is 5.32 Å². The van der Waals surface area contributed by atoms with Crippen LogP contribution < -0.4 is 11.1 Å². The number of amides is 2. The Hall–Kier alpha value is -2.57. The van der Waals surface area contributed by atoms with Crippen molar-refractivity contribution in [2.24, 2.45) is 5.73 Å². The summed E-state index contributed by atoms with van der Waals surface area (Å²) in [4.78, 5) is 33.1. The van der Waals surface area contributed by atoms with E-state index in [1.54, 1.807) is 0 Å². The number of carbonyl (C=O) groups is 3. The van der Waals surface area contributed by atoms with Crippen LogP contribution in [0, 0.1) is 0 Å². The van der Waals surface area contributed by atoms with Gasteiger partial charge in [0.05, 0.1) is 6.42 Å². The average molecular weight is 252 g/mol. The normalized spacial score (nSPS) is 11.6. The molecule has 1 rings (SSSR count). The molecule has 7 nitrogen and oxygen atoms in total. The zero-order chi connectivity index (χ0) is 13.7. The molecule has 0 heterocycles. The fourth-order valence-electron chi connectivity index (χ4n) is 1.26. The first-order valence-electron chi connectivity index (χ1n) is 5.01. The fraction of sp³-hybridized carbons (Fsp3) is 0.182. The number of benzene rings is 1. The number of hydrogen-bond donors (Lipinski definition) is 4. The topological polar surface area (TPSA) is 130 Å². The van der Waals surface area contributed by atoms with Gasteiger partial charge in [0.2, 0.25) is 5.91 Å². The van der Waals surface area contributed by atoms with Crippen LogP contribution in [-0.2, 0) is 9.59 Å². The minimum absolute atomic E-state index is 0.0153. The third-order valence-electron chi connectivity index (χ3n) is 2.14. The fourth-order valence-corrected chi connectivity index (χ4v) is 1.26. The molecule has 5 N–H and O–H groups in total. The van der Waals surface area contributed by atoms with Gasteiger partial charge in [-0.25, -0.2) is 4.79 Å². The van der Waals surface area contributed by atoms with Crippen molar-refractivity contribution in [3.63, 3.8) is 0 Å². The van der Waals surface area contributed by atoms with Crippen LogP contribution in [-0.4, -0.2) is 34.0 Å². The van der Waals surface area contributed by atoms with Gasteiger partial charge in [0, 0.05) is 5.56 Å². The van der Waals surface area contributed by atoms with Gasteiger partial charge in [-0.2, -0.15) is 0 Å². The van der Waals surface area contributed by atoms with Crippen molar-refractivity contribution in [1.29, 1.82) is 0 Å². The predicted molar refractivity (Wildman–Crippen MR) is 60.8 cm³/mol. The molecule has 0 radical (unpaired) electrons. The van der Waals surface area contributed by atoms with Crippen LogP contribution in [0.15, 0.2) is 24.3 Å². The molecule has 0 aliphatic carbocycles. The Bertz CT molecular complexity index is 469. The highest BCUT2D eigenvalue weighted by atomic mass is 16.4. The largest absolute Gasteiger partial charge is 0.508 e. The minimum Gasteiger partial charge on any atom is -0.508 e. The summed E-state index contributed by atoms with van der Waals surface area (Å²) in [6, 6.07) is 3.86. The maximum Gasteiger partial charge on any atom is 0.326 e. The third kappa shape index (κ3) is 3.78. The molecule has 0 fully saturated rings. The lowest BCUT2D eigenvalue weighted by atomic mass is 10.1. The maximum atomic E-state index is 11.6. The summed E-state index contributed by atoms with van der Waals surface area (Å²) in [7, 11) is 0. The van der Waals surface area contributed by atoms with Crippen molar-refractivity contribution in [2.75, 3.05) is 0 Å². The number of phenols is 1. The summed E-state index contributed by atoms with van der Waals surface area (Å²) in [5.41, 5.74) is 5.05. The molecule has 0 saturated heterocycles. The second-order valence-corrected chi connectivity index (χ2v) is 3.58. The van der Waals surface area contributed by atoms with E-state index >= 15 is 0 Å². The lowest BCUT2D eigenvalue weighted by Gasteiger charge is -2.12. The summed E-state index contributed by atoms with van der Waals surface area (Å²) >= 11 is 0. The SMILES string of the molecule is NC(=O)CC(NC(=O)c1ccc(O)cc1)C(=O)O. The van der Waals surface area contributed by atoms with Crippen molar-refractivity contribution < 1.29 is 24.6 Å². The first kappa shape index (κ1) is 13.5. The van der Waals surface area contributed by atoms with Gasteiger partial charge in [0.25, 0.3) is 5.91 Å². The Balaban J connectivity index is 2.75. The second kappa shape index (κ2) is 5.67. The van der Waals surface area contributed by atoms with Gasteiger partial charge in [-0.15, -0.1) is 0 Å². The molecule has 0 aromatic heterocycles. The lowest BCUT2D eigenvalue weighted by Crippen LogP contribution is -2.43. The van der Waals surface area contributed by atoms with Crippen LogP contribution in [0.5, 0.6) is 5.75 Å². The number of nitrogens with one attached hydrogen (secondary N) is 1. The Kier molecular flexibility index (Phi) is 4.25. The quantitative estimate of drug-likeness (QED) is 0.558. The molecule has 0 saturated carbocycles. The van der Waals surface area contributed by atoms with Crippen molar-refractivity contribution in [1.82, 2.24) is 5.32 Å². The van der Waals surface area contributed by atoms with E-state index in [9.17, 15) is 14.4 Å². The van der Waals surface area contributed by atoms with Crippen molar-refractivity contribution in [3.8, 4) is 5.75 Å². The van der Waals surface area contributed by atoms with Crippen LogP contribution in [0.3, 0.4) is 0 Å². The second-order valence-electron chi connectivity index (χ2n) is 3.58. The van der Waals surface area contributed by atoms with Crippen LogP contribution >= 0.6 is 0 Å². The number of carbonyl (C=O) groups excluding carboxylic acids is 2. The molecule has 2 amide bonds. The number of hydrogen-bond acceptors (Lipinski definition) is 4. The van der Waals surface area contributed by atoms with E-state index < -0.39 is 30.2 Å². The Labute approximate surface area is 102 Å². The van der Waals surface area contributed by atoms with Gasteiger partial charge < -0.3 is 21.3 Å². The molecule has 1 atom stereocenters. The molecule has 0 aliphatic rings. The molecule has 0 spiro atoms. The van der Waals surface area contributed by atoms with Gasteiger partial charge in [-0.1, -0.05) is 0 Å². The first-order chi connectivity index (χ1) is 8.40. The number of nitrogens with two attached hydrogens (primary N) is 1. The van der Waals surface area contributed by atoms with Crippen LogP contribution in [0.4, 0.5) is 0 Å². The summed E-state index contributed by atoms with van der Waals surface area (Å²) < 4.78 is 0. The average Bonchev–Trinajstić information content (AvgIpc) is 2.28. The van der Waals surface area contributed by atoms with E-state index in [0.29, 0.717) is 0 Å². The zero-order valence-corrected chi connectivity index (χ0v) is 9.29. The van der Waals surface area contributed by atoms with E-state index in [-0.39, 0.29) is 11.3 Å². The summed E-state index contributed by atoms with van der Waals surface area (Å²) in [6.07, 6.45) is -0.487. The highest BCUT2D eigenvalue weighted by Crippen LogP contribution is 2.09. The van der Waals surface area contributed by atoms with Gasteiger partial charge in [-0.05, 0) is 24.3 Å². The summed E-state index contributed by atoms with van der Waals surface area (Å²) in [5, 5.41) is 20.0. The molecule has 0 bridgehead atoms. The van der Waals surface area contributed by atoms with Gasteiger partial charge in [-0.3, -0.25) is 9.59 Å². The van der Waals surface area contributed by atoms with E-state index in [1.165, 1.54) is 24.3 Å². The maximum absolute atomic E-state index is 11.6. The van der Waals surface area contributed by atoms with Crippen LogP contribution in [0.2, 0.25) is 0 Å². The van der Waals surface area contributed by atoms with Gasteiger partial charge in [0.1, 0.15) is 11.8 Å². The third-order valence-corrected chi connectivity index (χ3v) is 2.14. The molecule has 1 aromatic rings. The van der Waals surface area contributed by atoms with Crippen molar-refractivity contribution in [3.05, 3.63) is 29.8 Å².